The van der Waals surface area contributed by atoms with Gasteiger partial charge in [-0.25, -0.2) is 4.98 Å². The third kappa shape index (κ3) is 2.63. The van der Waals surface area contributed by atoms with Crippen molar-refractivity contribution >= 4 is 17.0 Å². The molecule has 22 heavy (non-hydrogen) atoms. The fraction of sp³-hybridized carbons (Fsp3) is 0.235. The van der Waals surface area contributed by atoms with E-state index < -0.39 is 0 Å². The van der Waals surface area contributed by atoms with E-state index in [4.69, 9.17) is 5.26 Å². The van der Waals surface area contributed by atoms with Gasteiger partial charge in [0.1, 0.15) is 11.6 Å². The predicted molar refractivity (Wildman–Crippen MR) is 86.6 cm³/mol. The molecule has 0 bridgehead atoms. The van der Waals surface area contributed by atoms with Crippen molar-refractivity contribution in [2.75, 3.05) is 11.9 Å². The number of para-hydroxylation sites is 1. The van der Waals surface area contributed by atoms with E-state index in [0.29, 0.717) is 23.6 Å². The molecule has 0 unspecified atom stereocenters. The van der Waals surface area contributed by atoms with Crippen LogP contribution in [0.25, 0.3) is 11.0 Å². The van der Waals surface area contributed by atoms with Gasteiger partial charge in [-0.1, -0.05) is 26.0 Å². The first-order valence-electron chi connectivity index (χ1n) is 7.14. The zero-order valence-electron chi connectivity index (χ0n) is 12.6. The van der Waals surface area contributed by atoms with Crippen molar-refractivity contribution in [1.82, 2.24) is 15.0 Å². The summed E-state index contributed by atoms with van der Waals surface area (Å²) >= 11 is 0. The van der Waals surface area contributed by atoms with Gasteiger partial charge in [0.15, 0.2) is 0 Å². The van der Waals surface area contributed by atoms with Gasteiger partial charge in [0.25, 0.3) is 0 Å². The van der Waals surface area contributed by atoms with Crippen molar-refractivity contribution in [2.24, 2.45) is 0 Å². The summed E-state index contributed by atoms with van der Waals surface area (Å²) in [6.07, 6.45) is 1.80. The maximum atomic E-state index is 9.12. The fourth-order valence-corrected chi connectivity index (χ4v) is 2.36. The van der Waals surface area contributed by atoms with Crippen LogP contribution >= 0.6 is 0 Å². The smallest absolute Gasteiger partial charge is 0.201 e. The van der Waals surface area contributed by atoms with Crippen LogP contribution in [0.1, 0.15) is 25.1 Å². The normalized spacial score (nSPS) is 11.3. The third-order valence-electron chi connectivity index (χ3n) is 3.69. The maximum Gasteiger partial charge on any atom is 0.201 e. The Kier molecular flexibility index (Phi) is 3.51. The van der Waals surface area contributed by atoms with Crippen LogP contribution in [0, 0.1) is 11.3 Å². The Labute approximate surface area is 129 Å². The summed E-state index contributed by atoms with van der Waals surface area (Å²) in [4.78, 5) is 12.1. The van der Waals surface area contributed by atoms with Crippen LogP contribution in [0.15, 0.2) is 42.6 Å². The number of benzene rings is 1. The molecule has 0 aliphatic heterocycles. The molecule has 0 aliphatic carbocycles. The van der Waals surface area contributed by atoms with Crippen LogP contribution in [0.2, 0.25) is 0 Å². The first kappa shape index (κ1) is 14.1. The molecule has 1 aromatic carbocycles. The molecule has 2 aromatic heterocycles. The van der Waals surface area contributed by atoms with E-state index in [-0.39, 0.29) is 5.41 Å². The van der Waals surface area contributed by atoms with E-state index in [2.05, 4.69) is 40.2 Å². The first-order chi connectivity index (χ1) is 10.6. The lowest BCUT2D eigenvalue weighted by Crippen LogP contribution is -2.28. The Bertz CT molecular complexity index is 827. The molecule has 0 fully saturated rings. The average molecular weight is 291 g/mol. The largest absolute Gasteiger partial charge is 0.355 e. The lowest BCUT2D eigenvalue weighted by Gasteiger charge is -2.24. The number of fused-ring (bicyclic) bond motifs is 1. The minimum atomic E-state index is -0.127. The molecule has 0 atom stereocenters. The number of nitriles is 1. The molecule has 2 N–H and O–H groups in total. The van der Waals surface area contributed by atoms with Crippen LogP contribution in [0.5, 0.6) is 0 Å². The Morgan fingerprint density at radius 3 is 2.82 bits per heavy atom. The van der Waals surface area contributed by atoms with Gasteiger partial charge in [0.05, 0.1) is 11.1 Å². The zero-order valence-corrected chi connectivity index (χ0v) is 12.6. The van der Waals surface area contributed by atoms with Gasteiger partial charge in [0, 0.05) is 23.9 Å². The highest BCUT2D eigenvalue weighted by Gasteiger charge is 2.22. The molecular formula is C17H17N5. The second kappa shape index (κ2) is 5.49. The van der Waals surface area contributed by atoms with Crippen molar-refractivity contribution in [1.29, 1.82) is 5.26 Å². The molecule has 3 rings (SSSR count). The molecule has 0 radical (unpaired) electrons. The van der Waals surface area contributed by atoms with Crippen molar-refractivity contribution in [3.8, 4) is 6.07 Å². The second-order valence-electron chi connectivity index (χ2n) is 5.85. The highest BCUT2D eigenvalue weighted by molar-refractivity contribution is 5.83. The third-order valence-corrected chi connectivity index (χ3v) is 3.69. The molecule has 0 saturated heterocycles. The van der Waals surface area contributed by atoms with Gasteiger partial charge < -0.3 is 10.3 Å². The van der Waals surface area contributed by atoms with E-state index in [1.807, 2.05) is 30.3 Å². The molecular weight excluding hydrogens is 274 g/mol. The molecule has 0 spiro atoms. The number of imidazole rings is 1. The van der Waals surface area contributed by atoms with Crippen LogP contribution in [-0.2, 0) is 5.41 Å². The Morgan fingerprint density at radius 2 is 2.09 bits per heavy atom. The minimum Gasteiger partial charge on any atom is -0.355 e. The number of aromatic nitrogens is 3. The van der Waals surface area contributed by atoms with Crippen molar-refractivity contribution in [3.05, 3.63) is 53.9 Å². The molecule has 0 aliphatic rings. The van der Waals surface area contributed by atoms with Gasteiger partial charge in [-0.3, -0.25) is 4.98 Å². The van der Waals surface area contributed by atoms with E-state index in [1.165, 1.54) is 0 Å². The van der Waals surface area contributed by atoms with Crippen LogP contribution < -0.4 is 5.32 Å². The number of nitrogens with one attached hydrogen (secondary N) is 2. The zero-order chi connectivity index (χ0) is 15.6. The molecule has 3 aromatic rings. The number of anilines is 1. The highest BCUT2D eigenvalue weighted by Crippen LogP contribution is 2.22. The number of H-pyrrole nitrogens is 1. The van der Waals surface area contributed by atoms with E-state index in [0.717, 1.165) is 11.2 Å². The fourth-order valence-electron chi connectivity index (χ4n) is 2.36. The summed E-state index contributed by atoms with van der Waals surface area (Å²) in [6, 6.07) is 13.6. The number of nitrogens with zero attached hydrogens (tertiary/aromatic N) is 3. The van der Waals surface area contributed by atoms with Crippen LogP contribution in [0.4, 0.5) is 5.95 Å². The minimum absolute atomic E-state index is 0.127. The number of hydrogen-bond acceptors (Lipinski definition) is 4. The lowest BCUT2D eigenvalue weighted by atomic mass is 9.89. The standard InChI is InChI=1S/C17H17N5/c1-17(2,14-8-3-4-9-19-14)11-20-16-21-13-7-5-6-12(10-18)15(13)22-16/h3-9H,11H2,1-2H3,(H2,20,21,22). The molecule has 0 amide bonds. The summed E-state index contributed by atoms with van der Waals surface area (Å²) in [5, 5.41) is 12.4. The first-order valence-corrected chi connectivity index (χ1v) is 7.14. The van der Waals surface area contributed by atoms with E-state index in [9.17, 15) is 0 Å². The van der Waals surface area contributed by atoms with Gasteiger partial charge in [0.2, 0.25) is 5.95 Å². The maximum absolute atomic E-state index is 9.12. The predicted octanol–water partition coefficient (Wildman–Crippen LogP) is 3.22. The monoisotopic (exact) mass is 291 g/mol. The van der Waals surface area contributed by atoms with E-state index >= 15 is 0 Å². The number of rotatable bonds is 4. The Hall–Kier alpha value is -2.87. The number of pyridine rings is 1. The lowest BCUT2D eigenvalue weighted by molar-refractivity contribution is 0.537. The molecule has 110 valence electrons. The van der Waals surface area contributed by atoms with Gasteiger partial charge in [-0.05, 0) is 24.3 Å². The number of hydrogen-bond donors (Lipinski definition) is 2. The van der Waals surface area contributed by atoms with Crippen LogP contribution in [-0.4, -0.2) is 21.5 Å². The summed E-state index contributed by atoms with van der Waals surface area (Å²) < 4.78 is 0. The van der Waals surface area contributed by atoms with Crippen molar-refractivity contribution in [3.63, 3.8) is 0 Å². The Morgan fingerprint density at radius 1 is 1.23 bits per heavy atom. The van der Waals surface area contributed by atoms with E-state index in [1.54, 1.807) is 12.3 Å². The second-order valence-corrected chi connectivity index (χ2v) is 5.85. The quantitative estimate of drug-likeness (QED) is 0.773. The highest BCUT2D eigenvalue weighted by atomic mass is 15.1. The van der Waals surface area contributed by atoms with Crippen molar-refractivity contribution in [2.45, 2.75) is 19.3 Å². The summed E-state index contributed by atoms with van der Waals surface area (Å²) in [5.41, 5.74) is 3.03. The topological polar surface area (TPSA) is 77.4 Å². The van der Waals surface area contributed by atoms with Gasteiger partial charge in [-0.15, -0.1) is 0 Å². The molecule has 0 saturated carbocycles. The van der Waals surface area contributed by atoms with Gasteiger partial charge >= 0.3 is 0 Å². The molecule has 5 nitrogen and oxygen atoms in total. The van der Waals surface area contributed by atoms with Crippen LogP contribution in [0.3, 0.4) is 0 Å². The Balaban J connectivity index is 1.81. The summed E-state index contributed by atoms with van der Waals surface area (Å²) in [7, 11) is 0. The van der Waals surface area contributed by atoms with Crippen molar-refractivity contribution < 1.29 is 0 Å². The summed E-state index contributed by atoms with van der Waals surface area (Å²) in [6.45, 7) is 4.95. The SMILES string of the molecule is CC(C)(CNc1nc2c(C#N)cccc2[nH]1)c1ccccn1. The number of aromatic amines is 1. The molecule has 2 heterocycles. The molecule has 5 heteroatoms. The average Bonchev–Trinajstić information content (AvgIpc) is 2.97. The van der Waals surface area contributed by atoms with Gasteiger partial charge in [-0.2, -0.15) is 5.26 Å². The summed E-state index contributed by atoms with van der Waals surface area (Å²) in [5.74, 6) is 0.668.